The highest BCUT2D eigenvalue weighted by molar-refractivity contribution is 5.92. The predicted octanol–water partition coefficient (Wildman–Crippen LogP) is 4.08. The molecule has 3 heterocycles. The van der Waals surface area contributed by atoms with Crippen molar-refractivity contribution >= 4 is 17.0 Å². The van der Waals surface area contributed by atoms with Crippen molar-refractivity contribution in [1.29, 1.82) is 0 Å². The second-order valence-corrected chi connectivity index (χ2v) is 7.61. The predicted molar refractivity (Wildman–Crippen MR) is 108 cm³/mol. The van der Waals surface area contributed by atoms with Gasteiger partial charge in [-0.05, 0) is 42.2 Å². The molecule has 0 spiro atoms. The van der Waals surface area contributed by atoms with Crippen LogP contribution >= 0.6 is 0 Å². The number of aromatic nitrogens is 1. The van der Waals surface area contributed by atoms with E-state index in [9.17, 15) is 4.79 Å². The van der Waals surface area contributed by atoms with Crippen LogP contribution in [0.4, 0.5) is 4.79 Å². The number of ether oxygens (including phenoxy) is 2. The molecule has 5 nitrogen and oxygen atoms in total. The minimum absolute atomic E-state index is 0.225. The van der Waals surface area contributed by atoms with Crippen LogP contribution in [0, 0.1) is 6.92 Å². The van der Waals surface area contributed by atoms with E-state index < -0.39 is 0 Å². The van der Waals surface area contributed by atoms with Gasteiger partial charge in [0.2, 0.25) is 0 Å². The number of nitrogens with zero attached hydrogens (tertiary/aromatic N) is 2. The number of fused-ring (bicyclic) bond motifs is 3. The first-order valence-corrected chi connectivity index (χ1v) is 9.94. The topological polar surface area (TPSA) is 43.7 Å². The number of carbonyl (C=O) groups is 1. The Bertz CT molecular complexity index is 1040. The van der Waals surface area contributed by atoms with Crippen molar-refractivity contribution in [2.75, 3.05) is 19.7 Å². The van der Waals surface area contributed by atoms with E-state index in [1.165, 1.54) is 27.7 Å². The molecular formula is C23H24N2O3. The van der Waals surface area contributed by atoms with Gasteiger partial charge in [-0.15, -0.1) is 0 Å². The molecule has 0 saturated carbocycles. The van der Waals surface area contributed by atoms with Gasteiger partial charge in [0.15, 0.2) is 0 Å². The third-order valence-corrected chi connectivity index (χ3v) is 5.77. The minimum atomic E-state index is -0.225. The highest BCUT2D eigenvalue weighted by Crippen LogP contribution is 2.38. The number of hydrogen-bond acceptors (Lipinski definition) is 3. The van der Waals surface area contributed by atoms with Gasteiger partial charge in [0.05, 0.1) is 12.1 Å². The zero-order valence-electron chi connectivity index (χ0n) is 16.1. The first-order chi connectivity index (χ1) is 13.7. The molecule has 28 heavy (non-hydrogen) atoms. The molecule has 0 aliphatic carbocycles. The number of hydrogen-bond donors (Lipinski definition) is 0. The van der Waals surface area contributed by atoms with Crippen molar-refractivity contribution in [3.63, 3.8) is 0 Å². The van der Waals surface area contributed by atoms with Crippen LogP contribution in [-0.2, 0) is 30.7 Å². The summed E-state index contributed by atoms with van der Waals surface area (Å²) in [6.07, 6.45) is 1.47. The van der Waals surface area contributed by atoms with E-state index in [0.717, 1.165) is 30.7 Å². The lowest BCUT2D eigenvalue weighted by atomic mass is 10.0. The second kappa shape index (κ2) is 6.89. The lowest BCUT2D eigenvalue weighted by Crippen LogP contribution is -2.34. The molecule has 2 aliphatic rings. The first-order valence-electron chi connectivity index (χ1n) is 9.94. The summed E-state index contributed by atoms with van der Waals surface area (Å²) in [4.78, 5) is 14.5. The van der Waals surface area contributed by atoms with E-state index in [4.69, 9.17) is 9.47 Å². The Balaban J connectivity index is 1.37. The summed E-state index contributed by atoms with van der Waals surface area (Å²) < 4.78 is 13.9. The number of benzene rings is 2. The first kappa shape index (κ1) is 17.2. The van der Waals surface area contributed by atoms with Crippen molar-refractivity contribution in [3.8, 4) is 5.75 Å². The van der Waals surface area contributed by atoms with Gasteiger partial charge >= 0.3 is 6.09 Å². The van der Waals surface area contributed by atoms with E-state index in [2.05, 4.69) is 23.6 Å². The van der Waals surface area contributed by atoms with Gasteiger partial charge in [-0.1, -0.05) is 30.3 Å². The summed E-state index contributed by atoms with van der Waals surface area (Å²) in [5, 5.41) is 1.28. The van der Waals surface area contributed by atoms with E-state index in [1.54, 1.807) is 0 Å². The molecule has 1 amide bonds. The molecule has 144 valence electrons. The number of rotatable bonds is 2. The summed E-state index contributed by atoms with van der Waals surface area (Å²) in [5.41, 5.74) is 6.17. The molecule has 0 bridgehead atoms. The quantitative estimate of drug-likeness (QED) is 0.677. The van der Waals surface area contributed by atoms with Crippen molar-refractivity contribution in [2.24, 2.45) is 0 Å². The Morgan fingerprint density at radius 3 is 2.79 bits per heavy atom. The third kappa shape index (κ3) is 2.91. The van der Waals surface area contributed by atoms with E-state index in [1.807, 2.05) is 35.2 Å². The Morgan fingerprint density at radius 2 is 1.93 bits per heavy atom. The average molecular weight is 376 g/mol. The Kier molecular flexibility index (Phi) is 4.23. The fourth-order valence-electron chi connectivity index (χ4n) is 4.47. The smallest absolute Gasteiger partial charge is 0.410 e. The second-order valence-electron chi connectivity index (χ2n) is 7.61. The molecule has 0 saturated heterocycles. The van der Waals surface area contributed by atoms with Crippen molar-refractivity contribution in [2.45, 2.75) is 32.9 Å². The fraction of sp³-hybridized carbons (Fsp3) is 0.348. The van der Waals surface area contributed by atoms with E-state index >= 15 is 0 Å². The lowest BCUT2D eigenvalue weighted by Gasteiger charge is -2.22. The largest absolute Gasteiger partial charge is 0.490 e. The molecule has 0 unspecified atom stereocenters. The van der Waals surface area contributed by atoms with Gasteiger partial charge in [0.25, 0.3) is 0 Å². The maximum Gasteiger partial charge on any atom is 0.410 e. The zero-order valence-corrected chi connectivity index (χ0v) is 16.1. The SMILES string of the molecule is Cc1cc2c3c(c1)c1c(n3CCO2)CCN(C(=O)OCc2ccccc2)CC1. The minimum Gasteiger partial charge on any atom is -0.490 e. The molecule has 5 heteroatoms. The van der Waals surface area contributed by atoms with Gasteiger partial charge in [-0.25, -0.2) is 4.79 Å². The summed E-state index contributed by atoms with van der Waals surface area (Å²) in [5.74, 6) is 0.994. The van der Waals surface area contributed by atoms with Crippen LogP contribution in [0.25, 0.3) is 10.9 Å². The van der Waals surface area contributed by atoms with Gasteiger partial charge in [-0.2, -0.15) is 0 Å². The zero-order chi connectivity index (χ0) is 19.1. The van der Waals surface area contributed by atoms with Crippen LogP contribution in [0.3, 0.4) is 0 Å². The number of carbonyl (C=O) groups excluding carboxylic acids is 1. The average Bonchev–Trinajstić information content (AvgIpc) is 2.88. The van der Waals surface area contributed by atoms with E-state index in [0.29, 0.717) is 26.3 Å². The van der Waals surface area contributed by atoms with Crippen LogP contribution < -0.4 is 4.74 Å². The molecule has 2 aromatic carbocycles. The molecule has 0 N–H and O–H groups in total. The molecule has 3 aromatic rings. The number of aryl methyl sites for hydroxylation is 1. The Labute approximate surface area is 164 Å². The maximum absolute atomic E-state index is 12.6. The van der Waals surface area contributed by atoms with Crippen LogP contribution in [-0.4, -0.2) is 35.3 Å². The van der Waals surface area contributed by atoms with Crippen molar-refractivity contribution < 1.29 is 14.3 Å². The molecule has 1 aromatic heterocycles. The summed E-state index contributed by atoms with van der Waals surface area (Å²) >= 11 is 0. The van der Waals surface area contributed by atoms with Crippen LogP contribution in [0.15, 0.2) is 42.5 Å². The van der Waals surface area contributed by atoms with Crippen LogP contribution in [0.5, 0.6) is 5.75 Å². The molecule has 2 aliphatic heterocycles. The lowest BCUT2D eigenvalue weighted by molar-refractivity contribution is 0.0976. The van der Waals surface area contributed by atoms with Gasteiger partial charge in [-0.3, -0.25) is 0 Å². The number of amides is 1. The molecule has 0 atom stereocenters. The van der Waals surface area contributed by atoms with Crippen molar-refractivity contribution in [1.82, 2.24) is 9.47 Å². The molecule has 0 radical (unpaired) electrons. The van der Waals surface area contributed by atoms with Gasteiger partial charge < -0.3 is 18.9 Å². The summed E-state index contributed by atoms with van der Waals surface area (Å²) in [6, 6.07) is 14.2. The van der Waals surface area contributed by atoms with Crippen LogP contribution in [0.1, 0.15) is 22.4 Å². The summed E-state index contributed by atoms with van der Waals surface area (Å²) in [7, 11) is 0. The Hall–Kier alpha value is -2.95. The van der Waals surface area contributed by atoms with Gasteiger partial charge in [0, 0.05) is 30.6 Å². The standard InChI is InChI=1S/C23H24N2O3/c1-16-13-19-18-7-9-24(23(26)28-15-17-5-3-2-4-6-17)10-8-20(18)25-11-12-27-21(14-16)22(19)25/h2-6,13-14H,7-12,15H2,1H3. The molecule has 0 fully saturated rings. The highest BCUT2D eigenvalue weighted by Gasteiger charge is 2.27. The fourth-order valence-corrected chi connectivity index (χ4v) is 4.47. The molecule has 5 rings (SSSR count). The molecular weight excluding hydrogens is 352 g/mol. The van der Waals surface area contributed by atoms with Gasteiger partial charge in [0.1, 0.15) is 19.0 Å². The summed E-state index contributed by atoms with van der Waals surface area (Å²) in [6.45, 7) is 5.38. The maximum atomic E-state index is 12.6. The highest BCUT2D eigenvalue weighted by atomic mass is 16.6. The monoisotopic (exact) mass is 376 g/mol. The third-order valence-electron chi connectivity index (χ3n) is 5.77. The Morgan fingerprint density at radius 1 is 1.11 bits per heavy atom. The van der Waals surface area contributed by atoms with Crippen molar-refractivity contribution in [3.05, 3.63) is 64.8 Å². The van der Waals surface area contributed by atoms with E-state index in [-0.39, 0.29) is 6.09 Å². The normalized spacial score (nSPS) is 15.7. The van der Waals surface area contributed by atoms with Crippen LogP contribution in [0.2, 0.25) is 0 Å².